The summed E-state index contributed by atoms with van der Waals surface area (Å²) in [7, 11) is 1.76. The smallest absolute Gasteiger partial charge is 0.289 e. The number of hydrogen-bond acceptors (Lipinski definition) is 4. The number of rotatable bonds is 1. The molecule has 14 heavy (non-hydrogen) atoms. The van der Waals surface area contributed by atoms with E-state index in [4.69, 9.17) is 5.73 Å². The number of aromatic nitrogens is 2. The molecule has 0 bridgehead atoms. The first-order valence-corrected chi connectivity index (χ1v) is 4.17. The molecule has 0 fully saturated rings. The first kappa shape index (κ1) is 8.55. The molecule has 1 heterocycles. The van der Waals surface area contributed by atoms with Crippen LogP contribution in [0.5, 0.6) is 0 Å². The number of fused-ring (bicyclic) bond motifs is 1. The Balaban J connectivity index is 2.92. The average Bonchev–Trinajstić information content (AvgIpc) is 2.20. The quantitative estimate of drug-likeness (QED) is 0.390. The van der Waals surface area contributed by atoms with Gasteiger partial charge in [0.1, 0.15) is 0 Å². The van der Waals surface area contributed by atoms with E-state index in [1.807, 2.05) is 0 Å². The van der Waals surface area contributed by atoms with Crippen molar-refractivity contribution in [2.24, 2.45) is 0 Å². The van der Waals surface area contributed by atoms with Gasteiger partial charge in [0.05, 0.1) is 11.1 Å². The van der Waals surface area contributed by atoms with Crippen molar-refractivity contribution in [1.82, 2.24) is 4.98 Å². The summed E-state index contributed by atoms with van der Waals surface area (Å²) in [6.45, 7) is 0. The summed E-state index contributed by atoms with van der Waals surface area (Å²) < 4.78 is 0.706. The van der Waals surface area contributed by atoms with Crippen LogP contribution in [-0.2, 0) is 0 Å². The van der Waals surface area contributed by atoms with E-state index in [1.54, 1.807) is 25.4 Å². The molecule has 5 nitrogen and oxygen atoms in total. The van der Waals surface area contributed by atoms with Crippen LogP contribution in [0.1, 0.15) is 0 Å². The molecule has 2 aromatic rings. The molecule has 0 amide bonds. The Morgan fingerprint density at radius 3 is 3.00 bits per heavy atom. The Kier molecular flexibility index (Phi) is 1.85. The molecule has 0 radical (unpaired) electrons. The van der Waals surface area contributed by atoms with E-state index in [0.717, 1.165) is 5.69 Å². The molecule has 0 spiro atoms. The lowest BCUT2D eigenvalue weighted by atomic mass is 10.2. The van der Waals surface area contributed by atoms with Gasteiger partial charge < -0.3 is 16.3 Å². The lowest BCUT2D eigenvalue weighted by Crippen LogP contribution is -2.28. The maximum absolute atomic E-state index is 11.5. The first-order valence-electron chi connectivity index (χ1n) is 4.17. The summed E-state index contributed by atoms with van der Waals surface area (Å²) in [5, 5.41) is 15.1. The van der Waals surface area contributed by atoms with E-state index in [0.29, 0.717) is 21.3 Å². The van der Waals surface area contributed by atoms with Gasteiger partial charge in [-0.3, -0.25) is 0 Å². The zero-order valence-corrected chi connectivity index (χ0v) is 7.69. The van der Waals surface area contributed by atoms with E-state index in [-0.39, 0.29) is 0 Å². The second kappa shape index (κ2) is 3.02. The normalized spacial score (nSPS) is 10.4. The maximum atomic E-state index is 11.5. The SMILES string of the molecule is CNc1ccc(N)c2cnc[n+]([O-])c12. The molecule has 2 rings (SSSR count). The summed E-state index contributed by atoms with van der Waals surface area (Å²) in [5.74, 6) is 0. The fourth-order valence-electron chi connectivity index (χ4n) is 1.42. The number of benzene rings is 1. The van der Waals surface area contributed by atoms with Gasteiger partial charge in [-0.2, -0.15) is 0 Å². The molecule has 3 N–H and O–H groups in total. The van der Waals surface area contributed by atoms with Crippen molar-refractivity contribution in [3.05, 3.63) is 29.9 Å². The zero-order valence-electron chi connectivity index (χ0n) is 7.69. The number of nitrogens with one attached hydrogen (secondary N) is 1. The van der Waals surface area contributed by atoms with E-state index >= 15 is 0 Å². The Morgan fingerprint density at radius 2 is 2.29 bits per heavy atom. The van der Waals surface area contributed by atoms with Crippen molar-refractivity contribution in [1.29, 1.82) is 0 Å². The number of nitrogens with zero attached hydrogens (tertiary/aromatic N) is 2. The molecule has 0 aliphatic heterocycles. The topological polar surface area (TPSA) is 77.9 Å². The molecule has 0 unspecified atom stereocenters. The van der Waals surface area contributed by atoms with Gasteiger partial charge in [-0.25, -0.2) is 4.73 Å². The third-order valence-corrected chi connectivity index (χ3v) is 2.12. The summed E-state index contributed by atoms with van der Waals surface area (Å²) in [4.78, 5) is 3.79. The largest absolute Gasteiger partial charge is 0.710 e. The van der Waals surface area contributed by atoms with Crippen LogP contribution in [0.15, 0.2) is 24.7 Å². The minimum atomic E-state index is 0.516. The summed E-state index contributed by atoms with van der Waals surface area (Å²) >= 11 is 0. The summed E-state index contributed by atoms with van der Waals surface area (Å²) in [6, 6.07) is 3.52. The van der Waals surface area contributed by atoms with Crippen molar-refractivity contribution >= 4 is 22.3 Å². The van der Waals surface area contributed by atoms with Crippen molar-refractivity contribution < 1.29 is 4.73 Å². The molecule has 0 saturated heterocycles. The van der Waals surface area contributed by atoms with Gasteiger partial charge in [0.2, 0.25) is 0 Å². The molecular formula is C9H10N4O. The van der Waals surface area contributed by atoms with Gasteiger partial charge in [0.15, 0.2) is 11.7 Å². The lowest BCUT2D eigenvalue weighted by Gasteiger charge is -2.09. The average molecular weight is 190 g/mol. The van der Waals surface area contributed by atoms with Gasteiger partial charge in [0.25, 0.3) is 6.33 Å². The van der Waals surface area contributed by atoms with E-state index < -0.39 is 0 Å². The van der Waals surface area contributed by atoms with Crippen molar-refractivity contribution in [2.75, 3.05) is 18.1 Å². The highest BCUT2D eigenvalue weighted by Gasteiger charge is 2.09. The van der Waals surface area contributed by atoms with Crippen LogP contribution in [0, 0.1) is 5.21 Å². The van der Waals surface area contributed by atoms with Crippen LogP contribution in [0.2, 0.25) is 0 Å². The molecule has 1 aromatic carbocycles. The number of nitrogen functional groups attached to an aromatic ring is 1. The van der Waals surface area contributed by atoms with Gasteiger partial charge in [-0.1, -0.05) is 4.98 Å². The van der Waals surface area contributed by atoms with E-state index in [9.17, 15) is 5.21 Å². The van der Waals surface area contributed by atoms with E-state index in [2.05, 4.69) is 10.3 Å². The van der Waals surface area contributed by atoms with Gasteiger partial charge in [-0.15, -0.1) is 0 Å². The molecule has 0 aliphatic carbocycles. The van der Waals surface area contributed by atoms with Crippen LogP contribution in [0.4, 0.5) is 11.4 Å². The van der Waals surface area contributed by atoms with Crippen LogP contribution in [0.25, 0.3) is 10.9 Å². The van der Waals surface area contributed by atoms with Gasteiger partial charge >= 0.3 is 0 Å². The first-order chi connectivity index (χ1) is 6.74. The Labute approximate surface area is 80.8 Å². The predicted octanol–water partition coefficient (Wildman–Crippen LogP) is 0.492. The minimum absolute atomic E-state index is 0.516. The number of hydrogen-bond donors (Lipinski definition) is 2. The second-order valence-corrected chi connectivity index (χ2v) is 2.93. The van der Waals surface area contributed by atoms with Crippen molar-refractivity contribution in [3.8, 4) is 0 Å². The molecule has 0 aliphatic rings. The lowest BCUT2D eigenvalue weighted by molar-refractivity contribution is -0.580. The Morgan fingerprint density at radius 1 is 1.50 bits per heavy atom. The summed E-state index contributed by atoms with van der Waals surface area (Å²) in [6.07, 6.45) is 2.79. The Hall–Kier alpha value is -2.04. The zero-order chi connectivity index (χ0) is 10.1. The fraction of sp³-hybridized carbons (Fsp3) is 0.111. The summed E-state index contributed by atoms with van der Waals surface area (Å²) in [5.41, 5.74) is 7.54. The van der Waals surface area contributed by atoms with Crippen LogP contribution >= 0.6 is 0 Å². The molecule has 5 heteroatoms. The van der Waals surface area contributed by atoms with E-state index in [1.165, 1.54) is 6.33 Å². The monoisotopic (exact) mass is 190 g/mol. The van der Waals surface area contributed by atoms with Gasteiger partial charge in [0, 0.05) is 12.7 Å². The highest BCUT2D eigenvalue weighted by Crippen LogP contribution is 2.23. The van der Waals surface area contributed by atoms with Crippen LogP contribution in [0.3, 0.4) is 0 Å². The molecule has 72 valence electrons. The van der Waals surface area contributed by atoms with Crippen molar-refractivity contribution in [3.63, 3.8) is 0 Å². The third-order valence-electron chi connectivity index (χ3n) is 2.12. The maximum Gasteiger partial charge on any atom is 0.289 e. The molecule has 0 atom stereocenters. The van der Waals surface area contributed by atoms with Crippen molar-refractivity contribution in [2.45, 2.75) is 0 Å². The Bertz CT molecular complexity index is 483. The fourth-order valence-corrected chi connectivity index (χ4v) is 1.42. The molecule has 0 saturated carbocycles. The van der Waals surface area contributed by atoms with Crippen LogP contribution < -0.4 is 15.8 Å². The number of nitrogens with two attached hydrogens (primary N) is 1. The minimum Gasteiger partial charge on any atom is -0.710 e. The highest BCUT2D eigenvalue weighted by molar-refractivity contribution is 5.95. The van der Waals surface area contributed by atoms with Gasteiger partial charge in [-0.05, 0) is 12.1 Å². The van der Waals surface area contributed by atoms with Crippen LogP contribution in [-0.4, -0.2) is 12.0 Å². The highest BCUT2D eigenvalue weighted by atomic mass is 16.5. The second-order valence-electron chi connectivity index (χ2n) is 2.93. The third kappa shape index (κ3) is 1.10. The number of anilines is 2. The molecule has 1 aromatic heterocycles. The predicted molar refractivity (Wildman–Crippen MR) is 54.7 cm³/mol. The standard InChI is InChI=1S/C9H10N4O/c1-11-8-3-2-7(10)6-4-12-5-13(14)9(6)8/h2-5,11H,10H2,1H3. The molecular weight excluding hydrogens is 180 g/mol.